The number of carbonyl (C=O) groups is 2. The summed E-state index contributed by atoms with van der Waals surface area (Å²) in [5.74, 6) is -1.34. The van der Waals surface area contributed by atoms with E-state index >= 15 is 0 Å². The number of hydrogen-bond donors (Lipinski definition) is 1. The number of imide groups is 1. The molecule has 96 valence electrons. The van der Waals surface area contributed by atoms with Gasteiger partial charge in [0.1, 0.15) is 5.82 Å². The molecule has 1 aromatic carbocycles. The minimum Gasteiger partial charge on any atom is -0.296 e. The molecule has 2 amide bonds. The van der Waals surface area contributed by atoms with Crippen LogP contribution in [-0.2, 0) is 9.59 Å². The summed E-state index contributed by atoms with van der Waals surface area (Å²) in [5, 5.41) is 2.26. The van der Waals surface area contributed by atoms with Gasteiger partial charge in [-0.2, -0.15) is 0 Å². The predicted molar refractivity (Wildman–Crippen MR) is 65.6 cm³/mol. The standard InChI is InChI=1S/C14H16FNO2/c1-8(2)9-3-5-12(15)11(7-9)10-4-6-13(17)16-14(10)18/h3,5,7-8,10H,4,6H2,1-2H3,(H,16,17,18). The smallest absolute Gasteiger partial charge is 0.234 e. The predicted octanol–water partition coefficient (Wildman–Crippen LogP) is 2.47. The van der Waals surface area contributed by atoms with E-state index in [0.29, 0.717) is 12.0 Å². The molecule has 2 rings (SSSR count). The molecular formula is C14H16FNO2. The molecule has 1 N–H and O–H groups in total. The van der Waals surface area contributed by atoms with Crippen molar-refractivity contribution in [1.29, 1.82) is 0 Å². The lowest BCUT2D eigenvalue weighted by atomic mass is 9.88. The minimum absolute atomic E-state index is 0.266. The van der Waals surface area contributed by atoms with Gasteiger partial charge in [-0.05, 0) is 24.0 Å². The first-order valence-electron chi connectivity index (χ1n) is 6.12. The third-order valence-electron chi connectivity index (χ3n) is 3.30. The van der Waals surface area contributed by atoms with Crippen molar-refractivity contribution in [2.75, 3.05) is 0 Å². The Labute approximate surface area is 105 Å². The van der Waals surface area contributed by atoms with Gasteiger partial charge >= 0.3 is 0 Å². The van der Waals surface area contributed by atoms with Gasteiger partial charge in [-0.15, -0.1) is 0 Å². The van der Waals surface area contributed by atoms with E-state index in [1.807, 2.05) is 13.8 Å². The highest BCUT2D eigenvalue weighted by Crippen LogP contribution is 2.29. The Hall–Kier alpha value is -1.71. The van der Waals surface area contributed by atoms with Crippen LogP contribution in [-0.4, -0.2) is 11.8 Å². The van der Waals surface area contributed by atoms with Gasteiger partial charge in [0.2, 0.25) is 11.8 Å². The van der Waals surface area contributed by atoms with Crippen molar-refractivity contribution in [3.05, 3.63) is 35.1 Å². The van der Waals surface area contributed by atoms with Crippen LogP contribution in [0.1, 0.15) is 49.7 Å². The third-order valence-corrected chi connectivity index (χ3v) is 3.30. The molecule has 1 aromatic rings. The first kappa shape index (κ1) is 12.7. The van der Waals surface area contributed by atoms with Gasteiger partial charge in [0, 0.05) is 12.0 Å². The lowest BCUT2D eigenvalue weighted by molar-refractivity contribution is -0.134. The summed E-state index contributed by atoms with van der Waals surface area (Å²) in [6.45, 7) is 4.03. The average Bonchev–Trinajstić information content (AvgIpc) is 2.30. The molecule has 1 unspecified atom stereocenters. The van der Waals surface area contributed by atoms with E-state index in [2.05, 4.69) is 5.32 Å². The summed E-state index contributed by atoms with van der Waals surface area (Å²) < 4.78 is 13.8. The number of rotatable bonds is 2. The van der Waals surface area contributed by atoms with Crippen LogP contribution in [0.25, 0.3) is 0 Å². The third kappa shape index (κ3) is 2.42. The number of amides is 2. The normalized spacial score (nSPS) is 20.1. The van der Waals surface area contributed by atoms with E-state index in [-0.39, 0.29) is 24.1 Å². The Morgan fingerprint density at radius 3 is 2.67 bits per heavy atom. The fourth-order valence-electron chi connectivity index (χ4n) is 2.18. The number of benzene rings is 1. The summed E-state index contributed by atoms with van der Waals surface area (Å²) in [4.78, 5) is 22.8. The highest BCUT2D eigenvalue weighted by molar-refractivity contribution is 6.00. The fraction of sp³-hybridized carbons (Fsp3) is 0.429. The SMILES string of the molecule is CC(C)c1ccc(F)c(C2CCC(=O)NC2=O)c1. The molecule has 1 aliphatic heterocycles. The molecule has 0 aliphatic carbocycles. The number of carbonyl (C=O) groups excluding carboxylic acids is 2. The molecular weight excluding hydrogens is 233 g/mol. The van der Waals surface area contributed by atoms with Crippen LogP contribution in [0.2, 0.25) is 0 Å². The highest BCUT2D eigenvalue weighted by atomic mass is 19.1. The second kappa shape index (κ2) is 4.88. The summed E-state index contributed by atoms with van der Waals surface area (Å²) in [5.41, 5.74) is 1.39. The topological polar surface area (TPSA) is 46.2 Å². The first-order chi connectivity index (χ1) is 8.49. The van der Waals surface area contributed by atoms with E-state index in [9.17, 15) is 14.0 Å². The van der Waals surface area contributed by atoms with Crippen LogP contribution in [0.15, 0.2) is 18.2 Å². The Morgan fingerprint density at radius 1 is 1.33 bits per heavy atom. The van der Waals surface area contributed by atoms with E-state index in [4.69, 9.17) is 0 Å². The van der Waals surface area contributed by atoms with Crippen LogP contribution in [0, 0.1) is 5.82 Å². The Kier molecular flexibility index (Phi) is 3.45. The van der Waals surface area contributed by atoms with Crippen LogP contribution < -0.4 is 5.32 Å². The van der Waals surface area contributed by atoms with Crippen LogP contribution in [0.5, 0.6) is 0 Å². The second-order valence-electron chi connectivity index (χ2n) is 4.94. The Morgan fingerprint density at radius 2 is 2.06 bits per heavy atom. The van der Waals surface area contributed by atoms with Gasteiger partial charge in [0.05, 0.1) is 5.92 Å². The Balaban J connectivity index is 2.35. The van der Waals surface area contributed by atoms with Crippen molar-refractivity contribution in [2.45, 2.75) is 38.5 Å². The maximum atomic E-state index is 13.8. The van der Waals surface area contributed by atoms with Crippen molar-refractivity contribution in [1.82, 2.24) is 5.32 Å². The van der Waals surface area contributed by atoms with Gasteiger partial charge in [0.25, 0.3) is 0 Å². The summed E-state index contributed by atoms with van der Waals surface area (Å²) in [6.07, 6.45) is 0.644. The second-order valence-corrected chi connectivity index (χ2v) is 4.94. The zero-order valence-corrected chi connectivity index (χ0v) is 10.5. The molecule has 3 nitrogen and oxygen atoms in total. The van der Waals surface area contributed by atoms with Crippen molar-refractivity contribution in [3.63, 3.8) is 0 Å². The van der Waals surface area contributed by atoms with Crippen molar-refractivity contribution < 1.29 is 14.0 Å². The van der Waals surface area contributed by atoms with Gasteiger partial charge in [-0.3, -0.25) is 14.9 Å². The maximum absolute atomic E-state index is 13.8. The van der Waals surface area contributed by atoms with E-state index in [0.717, 1.165) is 5.56 Å². The monoisotopic (exact) mass is 249 g/mol. The van der Waals surface area contributed by atoms with E-state index < -0.39 is 11.8 Å². The molecule has 0 aromatic heterocycles. The van der Waals surface area contributed by atoms with Gasteiger partial charge in [-0.1, -0.05) is 26.0 Å². The lowest BCUT2D eigenvalue weighted by Crippen LogP contribution is -2.39. The van der Waals surface area contributed by atoms with Gasteiger partial charge in [0.15, 0.2) is 0 Å². The first-order valence-corrected chi connectivity index (χ1v) is 6.12. The van der Waals surface area contributed by atoms with Crippen LogP contribution in [0.4, 0.5) is 4.39 Å². The molecule has 18 heavy (non-hydrogen) atoms. The van der Waals surface area contributed by atoms with Crippen molar-refractivity contribution >= 4 is 11.8 Å². The van der Waals surface area contributed by atoms with Crippen LogP contribution in [0.3, 0.4) is 0 Å². The largest absolute Gasteiger partial charge is 0.296 e. The molecule has 1 atom stereocenters. The summed E-state index contributed by atoms with van der Waals surface area (Å²) in [6, 6.07) is 4.86. The lowest BCUT2D eigenvalue weighted by Gasteiger charge is -2.22. The van der Waals surface area contributed by atoms with Gasteiger partial charge in [-0.25, -0.2) is 4.39 Å². The molecule has 0 saturated carbocycles. The molecule has 0 spiro atoms. The zero-order chi connectivity index (χ0) is 13.3. The van der Waals surface area contributed by atoms with Crippen molar-refractivity contribution in [2.24, 2.45) is 0 Å². The van der Waals surface area contributed by atoms with Gasteiger partial charge < -0.3 is 0 Å². The molecule has 0 radical (unpaired) electrons. The molecule has 1 fully saturated rings. The van der Waals surface area contributed by atoms with Crippen LogP contribution >= 0.6 is 0 Å². The maximum Gasteiger partial charge on any atom is 0.234 e. The van der Waals surface area contributed by atoms with E-state index in [1.54, 1.807) is 12.1 Å². The van der Waals surface area contributed by atoms with E-state index in [1.165, 1.54) is 6.07 Å². The summed E-state index contributed by atoms with van der Waals surface area (Å²) >= 11 is 0. The fourth-order valence-corrected chi connectivity index (χ4v) is 2.18. The molecule has 4 heteroatoms. The minimum atomic E-state index is -0.554. The number of halogens is 1. The molecule has 0 bridgehead atoms. The number of piperidine rings is 1. The number of hydrogen-bond acceptors (Lipinski definition) is 2. The zero-order valence-electron chi connectivity index (χ0n) is 10.5. The van der Waals surface area contributed by atoms with Crippen molar-refractivity contribution in [3.8, 4) is 0 Å². The molecule has 1 aliphatic rings. The molecule has 1 heterocycles. The highest BCUT2D eigenvalue weighted by Gasteiger charge is 2.30. The Bertz CT molecular complexity index is 497. The number of nitrogens with one attached hydrogen (secondary N) is 1. The quantitative estimate of drug-likeness (QED) is 0.818. The summed E-state index contributed by atoms with van der Waals surface area (Å²) in [7, 11) is 0. The molecule has 1 saturated heterocycles. The average molecular weight is 249 g/mol.